The van der Waals surface area contributed by atoms with Crippen molar-refractivity contribution in [2.24, 2.45) is 4.99 Å². The van der Waals surface area contributed by atoms with Crippen LogP contribution in [0.1, 0.15) is 25.8 Å². The number of halogens is 2. The number of nitrogens with one attached hydrogen (secondary N) is 3. The summed E-state index contributed by atoms with van der Waals surface area (Å²) in [7, 11) is 0. The van der Waals surface area contributed by atoms with E-state index in [2.05, 4.69) is 32.8 Å². The fourth-order valence-electron chi connectivity index (χ4n) is 3.45. The molecule has 0 spiro atoms. The number of hydrogen-bond donors (Lipinski definition) is 3. The summed E-state index contributed by atoms with van der Waals surface area (Å²) in [5, 5.41) is 10.3. The summed E-state index contributed by atoms with van der Waals surface area (Å²) < 4.78 is 0. The third-order valence-corrected chi connectivity index (χ3v) is 5.15. The van der Waals surface area contributed by atoms with E-state index in [0.29, 0.717) is 11.6 Å². The summed E-state index contributed by atoms with van der Waals surface area (Å²) in [6.45, 7) is 6.80. The fraction of sp³-hybridized carbons (Fsp3) is 0.409. The molecule has 9 heteroatoms. The molecule has 0 radical (unpaired) electrons. The summed E-state index contributed by atoms with van der Waals surface area (Å²) in [5.41, 5.74) is 1.99. The number of amides is 1. The predicted molar refractivity (Wildman–Crippen MR) is 139 cm³/mol. The van der Waals surface area contributed by atoms with Gasteiger partial charge in [0.25, 0.3) is 0 Å². The molecule has 3 N–H and O–H groups in total. The van der Waals surface area contributed by atoms with Crippen molar-refractivity contribution in [1.82, 2.24) is 15.6 Å². The molecular weight excluding hydrogens is 527 g/mol. The van der Waals surface area contributed by atoms with Crippen molar-refractivity contribution in [3.63, 3.8) is 0 Å². The van der Waals surface area contributed by atoms with Gasteiger partial charge in [0.15, 0.2) is 5.96 Å². The number of carbonyl (C=O) groups excluding carboxylic acids is 1. The number of rotatable bonds is 7. The van der Waals surface area contributed by atoms with Crippen LogP contribution in [-0.2, 0) is 11.2 Å². The topological polar surface area (TPSA) is 81.6 Å². The second-order valence-corrected chi connectivity index (χ2v) is 7.68. The van der Waals surface area contributed by atoms with Crippen molar-refractivity contribution in [2.45, 2.75) is 32.7 Å². The standard InChI is InChI=1S/C22H29ClN6O.HI/c1-3-24-22(26-13-10-17-6-8-18(9-7-17)27-16(2)30)28-19-11-14-29(15-19)21-20(23)5-4-12-25-21;/h4-9,12,19H,3,10-11,13-15H2,1-2H3,(H,27,30)(H2,24,26,28);1H. The van der Waals surface area contributed by atoms with Crippen LogP contribution in [0.5, 0.6) is 0 Å². The third kappa shape index (κ3) is 7.84. The zero-order chi connectivity index (χ0) is 21.3. The second-order valence-electron chi connectivity index (χ2n) is 7.27. The Balaban J connectivity index is 0.00000341. The number of aromatic nitrogens is 1. The SMILES string of the molecule is CCNC(=NCCc1ccc(NC(C)=O)cc1)NC1CCN(c2ncccc2Cl)C1.I. The number of hydrogen-bond acceptors (Lipinski definition) is 4. The van der Waals surface area contributed by atoms with Crippen LogP contribution >= 0.6 is 35.6 Å². The molecule has 3 rings (SSSR count). The predicted octanol–water partition coefficient (Wildman–Crippen LogP) is 3.69. The molecule has 1 amide bonds. The average Bonchev–Trinajstić information content (AvgIpc) is 3.17. The zero-order valence-corrected chi connectivity index (χ0v) is 21.0. The summed E-state index contributed by atoms with van der Waals surface area (Å²) in [5.74, 6) is 1.60. The number of benzene rings is 1. The van der Waals surface area contributed by atoms with Crippen molar-refractivity contribution in [1.29, 1.82) is 0 Å². The molecule has 1 unspecified atom stereocenters. The van der Waals surface area contributed by atoms with Gasteiger partial charge in [0.05, 0.1) is 5.02 Å². The van der Waals surface area contributed by atoms with Gasteiger partial charge in [-0.2, -0.15) is 0 Å². The smallest absolute Gasteiger partial charge is 0.221 e. The molecule has 1 aliphatic rings. The van der Waals surface area contributed by atoms with E-state index in [-0.39, 0.29) is 35.9 Å². The highest BCUT2D eigenvalue weighted by Crippen LogP contribution is 2.25. The molecule has 0 bridgehead atoms. The zero-order valence-electron chi connectivity index (χ0n) is 17.9. The first kappa shape index (κ1) is 25.2. The first-order valence-electron chi connectivity index (χ1n) is 10.3. The van der Waals surface area contributed by atoms with E-state index in [1.54, 1.807) is 6.20 Å². The van der Waals surface area contributed by atoms with Crippen molar-refractivity contribution < 1.29 is 4.79 Å². The summed E-state index contributed by atoms with van der Waals surface area (Å²) >= 11 is 6.29. The molecule has 1 atom stereocenters. The normalized spacial score (nSPS) is 15.9. The molecule has 1 aliphatic heterocycles. The lowest BCUT2D eigenvalue weighted by atomic mass is 10.1. The molecule has 1 fully saturated rings. The maximum absolute atomic E-state index is 11.1. The highest BCUT2D eigenvalue weighted by atomic mass is 127. The number of guanidine groups is 1. The van der Waals surface area contributed by atoms with Gasteiger partial charge in [-0.3, -0.25) is 9.79 Å². The summed E-state index contributed by atoms with van der Waals surface area (Å²) in [4.78, 5) is 22.5. The van der Waals surface area contributed by atoms with Crippen LogP contribution < -0.4 is 20.9 Å². The van der Waals surface area contributed by atoms with Gasteiger partial charge >= 0.3 is 0 Å². The third-order valence-electron chi connectivity index (χ3n) is 4.86. The van der Waals surface area contributed by atoms with Gasteiger partial charge in [-0.25, -0.2) is 4.98 Å². The largest absolute Gasteiger partial charge is 0.357 e. The maximum atomic E-state index is 11.1. The van der Waals surface area contributed by atoms with Crippen LogP contribution in [0.15, 0.2) is 47.6 Å². The minimum Gasteiger partial charge on any atom is -0.357 e. The van der Waals surface area contributed by atoms with Crippen molar-refractivity contribution in [3.05, 3.63) is 53.2 Å². The van der Waals surface area contributed by atoms with Gasteiger partial charge in [-0.15, -0.1) is 24.0 Å². The molecular formula is C22H30ClIN6O. The molecule has 2 heterocycles. The Labute approximate surface area is 206 Å². The number of carbonyl (C=O) groups is 1. The first-order valence-corrected chi connectivity index (χ1v) is 10.7. The minimum atomic E-state index is -0.0653. The quantitative estimate of drug-likeness (QED) is 0.275. The van der Waals surface area contributed by atoms with Crippen LogP contribution in [-0.4, -0.2) is 49.1 Å². The highest BCUT2D eigenvalue weighted by molar-refractivity contribution is 14.0. The number of nitrogens with zero attached hydrogens (tertiary/aromatic N) is 3. The molecule has 1 saturated heterocycles. The van der Waals surface area contributed by atoms with Crippen molar-refractivity contribution in [2.75, 3.05) is 36.4 Å². The average molecular weight is 557 g/mol. The Morgan fingerprint density at radius 1 is 1.29 bits per heavy atom. The van der Waals surface area contributed by atoms with Crippen LogP contribution in [0.4, 0.5) is 11.5 Å². The Bertz CT molecular complexity index is 877. The second kappa shape index (κ2) is 12.7. The summed E-state index contributed by atoms with van der Waals surface area (Å²) in [6.07, 6.45) is 3.61. The fourth-order valence-corrected chi connectivity index (χ4v) is 3.69. The molecule has 31 heavy (non-hydrogen) atoms. The lowest BCUT2D eigenvalue weighted by Gasteiger charge is -2.20. The van der Waals surface area contributed by atoms with Gasteiger partial charge in [0, 0.05) is 51.0 Å². The van der Waals surface area contributed by atoms with Crippen molar-refractivity contribution in [3.8, 4) is 0 Å². The van der Waals surface area contributed by atoms with Gasteiger partial charge in [0.1, 0.15) is 5.82 Å². The number of aliphatic imine (C=N–C) groups is 1. The molecule has 0 aliphatic carbocycles. The number of pyridine rings is 1. The van der Waals surface area contributed by atoms with Crippen LogP contribution in [0.2, 0.25) is 5.02 Å². The lowest BCUT2D eigenvalue weighted by Crippen LogP contribution is -2.44. The molecule has 2 aromatic rings. The Morgan fingerprint density at radius 3 is 2.74 bits per heavy atom. The Hall–Kier alpha value is -2.07. The van der Waals surface area contributed by atoms with Gasteiger partial charge in [-0.05, 0) is 49.6 Å². The Morgan fingerprint density at radius 2 is 2.06 bits per heavy atom. The Kier molecular flexibility index (Phi) is 10.3. The molecule has 1 aromatic carbocycles. The van der Waals surface area contributed by atoms with E-state index in [1.807, 2.05) is 36.4 Å². The van der Waals surface area contributed by atoms with Gasteiger partial charge < -0.3 is 20.9 Å². The van der Waals surface area contributed by atoms with Crippen LogP contribution in [0, 0.1) is 0 Å². The van der Waals surface area contributed by atoms with Gasteiger partial charge in [0.2, 0.25) is 5.91 Å². The van der Waals surface area contributed by atoms with Crippen LogP contribution in [0.3, 0.4) is 0 Å². The minimum absolute atomic E-state index is 0. The monoisotopic (exact) mass is 556 g/mol. The van der Waals surface area contributed by atoms with Crippen molar-refractivity contribution >= 4 is 58.9 Å². The molecule has 0 saturated carbocycles. The van der Waals surface area contributed by atoms with E-state index in [1.165, 1.54) is 12.5 Å². The molecule has 7 nitrogen and oxygen atoms in total. The maximum Gasteiger partial charge on any atom is 0.221 e. The van der Waals surface area contributed by atoms with E-state index >= 15 is 0 Å². The highest BCUT2D eigenvalue weighted by Gasteiger charge is 2.25. The van der Waals surface area contributed by atoms with E-state index in [0.717, 1.165) is 49.9 Å². The molecule has 1 aromatic heterocycles. The van der Waals surface area contributed by atoms with E-state index < -0.39 is 0 Å². The lowest BCUT2D eigenvalue weighted by molar-refractivity contribution is -0.114. The summed E-state index contributed by atoms with van der Waals surface area (Å²) in [6, 6.07) is 11.9. The van der Waals surface area contributed by atoms with Crippen LogP contribution in [0.25, 0.3) is 0 Å². The van der Waals surface area contributed by atoms with Gasteiger partial charge in [-0.1, -0.05) is 23.7 Å². The van der Waals surface area contributed by atoms with E-state index in [9.17, 15) is 4.79 Å². The van der Waals surface area contributed by atoms with E-state index in [4.69, 9.17) is 16.6 Å². The molecule has 168 valence electrons. The first-order chi connectivity index (χ1) is 14.5. The number of anilines is 2.